The fourth-order valence-electron chi connectivity index (χ4n) is 3.97. The van der Waals surface area contributed by atoms with Crippen LogP contribution in [-0.4, -0.2) is 58.2 Å². The number of likely N-dealkylation sites (tertiary alicyclic amines) is 1. The molecular weight excluding hydrogens is 445 g/mol. The van der Waals surface area contributed by atoms with Gasteiger partial charge in [0.25, 0.3) is 0 Å². The standard InChI is InChI=1S/C17H29N7O.HI/c1-12-21-22-16-6-5-14(11-24(12)16)9-20-17(19-2)23-7-3-4-13(10-23)8-15(18)25;/h13-14H,3-11H2,1-2H3,(H2,18,25)(H,19,20);1H. The Balaban J connectivity index is 0.00000243. The average Bonchev–Trinajstić information content (AvgIpc) is 2.96. The molecule has 3 rings (SSSR count). The Morgan fingerprint density at radius 1 is 1.31 bits per heavy atom. The molecule has 1 amide bonds. The number of nitrogens with zero attached hydrogens (tertiary/aromatic N) is 5. The van der Waals surface area contributed by atoms with Crippen LogP contribution in [0.1, 0.15) is 37.3 Å². The molecule has 2 aliphatic rings. The van der Waals surface area contributed by atoms with E-state index >= 15 is 0 Å². The number of halogens is 1. The van der Waals surface area contributed by atoms with Crippen molar-refractivity contribution >= 4 is 35.8 Å². The van der Waals surface area contributed by atoms with Crippen molar-refractivity contribution in [1.29, 1.82) is 0 Å². The van der Waals surface area contributed by atoms with Crippen molar-refractivity contribution in [2.24, 2.45) is 22.6 Å². The van der Waals surface area contributed by atoms with Crippen LogP contribution in [0.15, 0.2) is 4.99 Å². The lowest BCUT2D eigenvalue weighted by molar-refractivity contribution is -0.119. The first-order valence-electron chi connectivity index (χ1n) is 9.19. The van der Waals surface area contributed by atoms with Crippen LogP contribution in [0.3, 0.4) is 0 Å². The summed E-state index contributed by atoms with van der Waals surface area (Å²) in [6, 6.07) is 0. The molecule has 1 aromatic heterocycles. The van der Waals surface area contributed by atoms with Crippen molar-refractivity contribution in [3.63, 3.8) is 0 Å². The van der Waals surface area contributed by atoms with E-state index in [9.17, 15) is 4.79 Å². The number of aromatic nitrogens is 3. The zero-order chi connectivity index (χ0) is 17.8. The zero-order valence-electron chi connectivity index (χ0n) is 15.6. The van der Waals surface area contributed by atoms with E-state index in [-0.39, 0.29) is 29.9 Å². The lowest BCUT2D eigenvalue weighted by atomic mass is 9.94. The van der Waals surface area contributed by atoms with Gasteiger partial charge in [-0.05, 0) is 38.0 Å². The van der Waals surface area contributed by atoms with Crippen molar-refractivity contribution in [3.8, 4) is 0 Å². The van der Waals surface area contributed by atoms with Crippen molar-refractivity contribution in [3.05, 3.63) is 11.6 Å². The number of rotatable bonds is 4. The van der Waals surface area contributed by atoms with Gasteiger partial charge in [0.15, 0.2) is 5.96 Å². The molecule has 2 atom stereocenters. The Morgan fingerprint density at radius 2 is 2.12 bits per heavy atom. The van der Waals surface area contributed by atoms with Gasteiger partial charge < -0.3 is 20.5 Å². The van der Waals surface area contributed by atoms with E-state index in [0.29, 0.717) is 18.3 Å². The number of carbonyl (C=O) groups is 1. The first-order valence-corrected chi connectivity index (χ1v) is 9.19. The van der Waals surface area contributed by atoms with Gasteiger partial charge in [-0.1, -0.05) is 0 Å². The number of nitrogens with one attached hydrogen (secondary N) is 1. The van der Waals surface area contributed by atoms with Crippen LogP contribution in [-0.2, 0) is 17.8 Å². The van der Waals surface area contributed by atoms with Gasteiger partial charge in [-0.25, -0.2) is 0 Å². The lowest BCUT2D eigenvalue weighted by Gasteiger charge is -2.35. The summed E-state index contributed by atoms with van der Waals surface area (Å²) in [5.41, 5.74) is 5.36. The van der Waals surface area contributed by atoms with Crippen molar-refractivity contribution in [2.75, 3.05) is 26.7 Å². The van der Waals surface area contributed by atoms with Crippen LogP contribution >= 0.6 is 24.0 Å². The molecule has 26 heavy (non-hydrogen) atoms. The SMILES string of the molecule is CN=C(NCC1CCc2nnc(C)n2C1)N1CCCC(CC(N)=O)C1.I. The number of amides is 1. The second-order valence-electron chi connectivity index (χ2n) is 7.23. The van der Waals surface area contributed by atoms with Crippen molar-refractivity contribution < 1.29 is 4.79 Å². The highest BCUT2D eigenvalue weighted by Crippen LogP contribution is 2.21. The Labute approximate surface area is 172 Å². The molecule has 0 saturated carbocycles. The molecule has 2 aliphatic heterocycles. The van der Waals surface area contributed by atoms with Gasteiger partial charge in [-0.15, -0.1) is 34.2 Å². The molecule has 0 spiro atoms. The first-order chi connectivity index (χ1) is 12.1. The molecule has 146 valence electrons. The minimum Gasteiger partial charge on any atom is -0.370 e. The summed E-state index contributed by atoms with van der Waals surface area (Å²) in [5.74, 6) is 3.70. The third-order valence-corrected chi connectivity index (χ3v) is 5.30. The van der Waals surface area contributed by atoms with E-state index in [1.165, 1.54) is 0 Å². The van der Waals surface area contributed by atoms with Gasteiger partial charge in [-0.3, -0.25) is 9.79 Å². The number of fused-ring (bicyclic) bond motifs is 1. The van der Waals surface area contributed by atoms with E-state index in [2.05, 4.69) is 30.0 Å². The molecule has 8 nitrogen and oxygen atoms in total. The maximum atomic E-state index is 11.2. The minimum absolute atomic E-state index is 0. The van der Waals surface area contributed by atoms with Crippen molar-refractivity contribution in [2.45, 2.75) is 45.6 Å². The van der Waals surface area contributed by atoms with Gasteiger partial charge in [-0.2, -0.15) is 0 Å². The Morgan fingerprint density at radius 3 is 2.85 bits per heavy atom. The molecule has 0 radical (unpaired) electrons. The molecule has 0 aromatic carbocycles. The number of hydrogen-bond acceptors (Lipinski definition) is 4. The van der Waals surface area contributed by atoms with E-state index in [0.717, 1.165) is 69.5 Å². The number of piperidine rings is 1. The fourth-order valence-corrected chi connectivity index (χ4v) is 3.97. The molecule has 2 unspecified atom stereocenters. The number of carbonyl (C=O) groups excluding carboxylic acids is 1. The highest BCUT2D eigenvalue weighted by molar-refractivity contribution is 14.0. The van der Waals surface area contributed by atoms with E-state index < -0.39 is 0 Å². The predicted molar refractivity (Wildman–Crippen MR) is 111 cm³/mol. The number of aryl methyl sites for hydroxylation is 2. The summed E-state index contributed by atoms with van der Waals surface area (Å²) in [5, 5.41) is 11.9. The molecule has 3 heterocycles. The zero-order valence-corrected chi connectivity index (χ0v) is 18.0. The van der Waals surface area contributed by atoms with Crippen LogP contribution in [0.25, 0.3) is 0 Å². The number of nitrogens with two attached hydrogens (primary N) is 1. The van der Waals surface area contributed by atoms with Gasteiger partial charge in [0.2, 0.25) is 5.91 Å². The molecule has 1 aromatic rings. The van der Waals surface area contributed by atoms with E-state index in [4.69, 9.17) is 5.73 Å². The number of hydrogen-bond donors (Lipinski definition) is 2. The van der Waals surface area contributed by atoms with Crippen LogP contribution in [0.2, 0.25) is 0 Å². The Hall–Kier alpha value is -1.39. The summed E-state index contributed by atoms with van der Waals surface area (Å²) in [6.45, 7) is 5.69. The molecule has 1 fully saturated rings. The Kier molecular flexibility index (Phi) is 7.66. The molecule has 1 saturated heterocycles. The molecule has 0 aliphatic carbocycles. The number of primary amides is 1. The van der Waals surface area contributed by atoms with Crippen LogP contribution < -0.4 is 11.1 Å². The fraction of sp³-hybridized carbons (Fsp3) is 0.765. The summed E-state index contributed by atoms with van der Waals surface area (Å²) in [4.78, 5) is 17.9. The van der Waals surface area contributed by atoms with Crippen LogP contribution in [0.5, 0.6) is 0 Å². The quantitative estimate of drug-likeness (QED) is 0.384. The number of guanidine groups is 1. The number of aliphatic imine (C=N–C) groups is 1. The van der Waals surface area contributed by atoms with E-state index in [1.54, 1.807) is 0 Å². The second kappa shape index (κ2) is 9.52. The topological polar surface area (TPSA) is 101 Å². The molecule has 3 N–H and O–H groups in total. The first kappa shape index (κ1) is 20.9. The monoisotopic (exact) mass is 475 g/mol. The second-order valence-corrected chi connectivity index (χ2v) is 7.23. The lowest BCUT2D eigenvalue weighted by Crippen LogP contribution is -2.48. The largest absolute Gasteiger partial charge is 0.370 e. The van der Waals surface area contributed by atoms with Crippen molar-refractivity contribution in [1.82, 2.24) is 25.0 Å². The summed E-state index contributed by atoms with van der Waals surface area (Å²) in [7, 11) is 1.82. The van der Waals surface area contributed by atoms with Crippen LogP contribution in [0, 0.1) is 18.8 Å². The van der Waals surface area contributed by atoms with Gasteiger partial charge in [0, 0.05) is 46.1 Å². The summed E-state index contributed by atoms with van der Waals surface area (Å²) < 4.78 is 2.22. The summed E-state index contributed by atoms with van der Waals surface area (Å²) in [6.07, 6.45) is 4.70. The molecule has 0 bridgehead atoms. The van der Waals surface area contributed by atoms with Gasteiger partial charge >= 0.3 is 0 Å². The average molecular weight is 475 g/mol. The molecule has 9 heteroatoms. The summed E-state index contributed by atoms with van der Waals surface area (Å²) >= 11 is 0. The highest BCUT2D eigenvalue weighted by atomic mass is 127. The normalized spacial score (nSPS) is 23.2. The third kappa shape index (κ3) is 5.08. The molecular formula is C17H30IN7O. The maximum Gasteiger partial charge on any atom is 0.217 e. The third-order valence-electron chi connectivity index (χ3n) is 5.30. The Bertz CT molecular complexity index is 645. The van der Waals surface area contributed by atoms with Gasteiger partial charge in [0.1, 0.15) is 11.6 Å². The maximum absolute atomic E-state index is 11.2. The predicted octanol–water partition coefficient (Wildman–Crippen LogP) is 0.930. The van der Waals surface area contributed by atoms with Gasteiger partial charge in [0.05, 0.1) is 0 Å². The van der Waals surface area contributed by atoms with Crippen LogP contribution in [0.4, 0.5) is 0 Å². The smallest absolute Gasteiger partial charge is 0.217 e. The minimum atomic E-state index is -0.211. The van der Waals surface area contributed by atoms with E-state index in [1.807, 2.05) is 14.0 Å². The highest BCUT2D eigenvalue weighted by Gasteiger charge is 2.25.